The number of piperidine rings is 1. The molecule has 6 rings (SSSR count). The minimum atomic E-state index is -0.499. The lowest BCUT2D eigenvalue weighted by Gasteiger charge is -2.40. The van der Waals surface area contributed by atoms with Crippen molar-refractivity contribution in [1.82, 2.24) is 19.4 Å². The van der Waals surface area contributed by atoms with Gasteiger partial charge in [-0.3, -0.25) is 14.6 Å². The molecule has 0 atom stereocenters. The van der Waals surface area contributed by atoms with Gasteiger partial charge < -0.3 is 19.5 Å². The maximum Gasteiger partial charge on any atom is 0.331 e. The van der Waals surface area contributed by atoms with Crippen LogP contribution < -0.4 is 14.4 Å². The summed E-state index contributed by atoms with van der Waals surface area (Å²) in [6.07, 6.45) is 12.5. The highest BCUT2D eigenvalue weighted by Gasteiger charge is 2.35. The Balaban J connectivity index is 1.13. The smallest absolute Gasteiger partial charge is 0.331 e. The molecule has 230 valence electrons. The molecule has 1 aliphatic carbocycles. The first-order chi connectivity index (χ1) is 20.9. The van der Waals surface area contributed by atoms with Gasteiger partial charge in [0, 0.05) is 37.3 Å². The van der Waals surface area contributed by atoms with Crippen LogP contribution in [0.15, 0.2) is 42.7 Å². The average Bonchev–Trinajstić information content (AvgIpc) is 3.43. The van der Waals surface area contributed by atoms with Gasteiger partial charge >= 0.3 is 6.03 Å². The van der Waals surface area contributed by atoms with Crippen molar-refractivity contribution in [2.45, 2.75) is 69.9 Å². The van der Waals surface area contributed by atoms with Crippen LogP contribution in [0.3, 0.4) is 0 Å². The fourth-order valence-corrected chi connectivity index (χ4v) is 7.04. The summed E-state index contributed by atoms with van der Waals surface area (Å²) in [6.45, 7) is 3.28. The number of benzene rings is 1. The van der Waals surface area contributed by atoms with Crippen molar-refractivity contribution in [3.8, 4) is 11.5 Å². The Kier molecular flexibility index (Phi) is 8.59. The molecule has 4 heterocycles. The highest BCUT2D eigenvalue weighted by molar-refractivity contribution is 6.07. The van der Waals surface area contributed by atoms with E-state index in [-0.39, 0.29) is 24.9 Å². The molecule has 10 heteroatoms. The molecular weight excluding hydrogens is 546 g/mol. The first-order valence-corrected chi connectivity index (χ1v) is 15.6. The van der Waals surface area contributed by atoms with Crippen LogP contribution in [0.25, 0.3) is 5.52 Å². The van der Waals surface area contributed by atoms with Crippen LogP contribution in [0, 0.1) is 5.92 Å². The monoisotopic (exact) mass is 589 g/mol. The second kappa shape index (κ2) is 12.5. The predicted molar refractivity (Wildman–Crippen MR) is 164 cm³/mol. The first-order valence-electron chi connectivity index (χ1n) is 15.6. The Labute approximate surface area is 253 Å². The fourth-order valence-electron chi connectivity index (χ4n) is 7.04. The molecule has 1 saturated carbocycles. The Morgan fingerprint density at radius 1 is 1.00 bits per heavy atom. The lowest BCUT2D eigenvalue weighted by molar-refractivity contribution is -0.129. The van der Waals surface area contributed by atoms with Crippen LogP contribution in [0.2, 0.25) is 0 Å². The molecule has 3 amide bonds. The zero-order valence-electron chi connectivity index (χ0n) is 25.3. The van der Waals surface area contributed by atoms with Crippen molar-refractivity contribution in [1.29, 1.82) is 0 Å². The number of urea groups is 1. The molecule has 2 aromatic heterocycles. The minimum Gasteiger partial charge on any atom is -0.497 e. The maximum atomic E-state index is 13.7. The average molecular weight is 590 g/mol. The van der Waals surface area contributed by atoms with E-state index in [1.54, 1.807) is 42.0 Å². The highest BCUT2D eigenvalue weighted by Crippen LogP contribution is 2.33. The van der Waals surface area contributed by atoms with E-state index in [9.17, 15) is 14.7 Å². The van der Waals surface area contributed by atoms with E-state index in [0.717, 1.165) is 75.7 Å². The fraction of sp³-hybridized carbons (Fsp3) is 0.545. The minimum absolute atomic E-state index is 0.113. The number of amides is 3. The lowest BCUT2D eigenvalue weighted by Crippen LogP contribution is -2.52. The molecule has 3 fully saturated rings. The van der Waals surface area contributed by atoms with Gasteiger partial charge in [-0.15, -0.1) is 0 Å². The molecule has 2 aliphatic heterocycles. The van der Waals surface area contributed by atoms with Gasteiger partial charge in [0.1, 0.15) is 11.5 Å². The maximum absolute atomic E-state index is 13.7. The Morgan fingerprint density at radius 2 is 1.79 bits per heavy atom. The van der Waals surface area contributed by atoms with Crippen LogP contribution in [0.4, 0.5) is 10.5 Å². The third-order valence-electron chi connectivity index (χ3n) is 9.52. The number of β-amino-alcohol motifs (C(OH)–C–C–N with tert-alkyl or cyclic N) is 1. The third-order valence-corrected chi connectivity index (χ3v) is 9.52. The van der Waals surface area contributed by atoms with Crippen LogP contribution in [-0.4, -0.2) is 82.5 Å². The molecule has 2 saturated heterocycles. The summed E-state index contributed by atoms with van der Waals surface area (Å²) in [5.74, 6) is 1.58. The summed E-state index contributed by atoms with van der Waals surface area (Å²) in [5, 5.41) is 15.5. The zero-order valence-corrected chi connectivity index (χ0v) is 25.3. The molecule has 3 aliphatic rings. The number of imide groups is 1. The summed E-state index contributed by atoms with van der Waals surface area (Å²) in [6, 6.07) is 9.26. The second-order valence-electron chi connectivity index (χ2n) is 12.4. The molecular formula is C33H43N5O5. The lowest BCUT2D eigenvalue weighted by atomic mass is 9.83. The number of aromatic nitrogens is 2. The summed E-state index contributed by atoms with van der Waals surface area (Å²) < 4.78 is 12.6. The number of hydrogen-bond acceptors (Lipinski definition) is 7. The van der Waals surface area contributed by atoms with Gasteiger partial charge in [-0.05, 0) is 80.9 Å². The molecule has 3 aromatic rings. The van der Waals surface area contributed by atoms with Gasteiger partial charge in [-0.1, -0.05) is 19.3 Å². The molecule has 43 heavy (non-hydrogen) atoms. The number of aliphatic hydroxyl groups is 1. The number of fused-ring (bicyclic) bond motifs is 1. The Morgan fingerprint density at radius 3 is 2.53 bits per heavy atom. The van der Waals surface area contributed by atoms with Crippen LogP contribution in [-0.2, 0) is 17.8 Å². The van der Waals surface area contributed by atoms with Gasteiger partial charge in [-0.2, -0.15) is 5.10 Å². The van der Waals surface area contributed by atoms with E-state index < -0.39 is 5.60 Å². The van der Waals surface area contributed by atoms with Crippen LogP contribution in [0.1, 0.15) is 62.5 Å². The number of ether oxygens (including phenoxy) is 2. The van der Waals surface area contributed by atoms with E-state index >= 15 is 0 Å². The van der Waals surface area contributed by atoms with Crippen molar-refractivity contribution in [2.24, 2.45) is 5.92 Å². The Hall–Kier alpha value is -3.63. The molecule has 0 unspecified atom stereocenters. The molecule has 0 spiro atoms. The number of methoxy groups -OCH3 is 2. The van der Waals surface area contributed by atoms with Crippen molar-refractivity contribution in [2.75, 3.05) is 45.3 Å². The van der Waals surface area contributed by atoms with Gasteiger partial charge in [0.2, 0.25) is 5.91 Å². The standard InChI is InChI=1S/C33H43N5O5/c1-42-27-7-6-26(30(20-27)43-2)22-37-31(39)11-16-36(32(37)40)29-21-34-38-17-10-25(19-28(29)38)18-24-8-14-35(15-9-24)23-33(41)12-4-3-5-13-33/h6-7,10,17,19-21,24,41H,3-5,8-9,11-16,18,22-23H2,1-2H3. The van der Waals surface area contributed by atoms with Crippen molar-refractivity contribution >= 4 is 23.1 Å². The number of likely N-dealkylation sites (tertiary alicyclic amines) is 1. The molecule has 0 bridgehead atoms. The number of carbonyl (C=O) groups excluding carboxylic acids is 2. The van der Waals surface area contributed by atoms with Gasteiger partial charge in [0.15, 0.2) is 0 Å². The summed E-state index contributed by atoms with van der Waals surface area (Å²) >= 11 is 0. The highest BCUT2D eigenvalue weighted by atomic mass is 16.5. The molecule has 1 aromatic carbocycles. The first kappa shape index (κ1) is 29.4. The summed E-state index contributed by atoms with van der Waals surface area (Å²) in [5.41, 5.74) is 3.02. The van der Waals surface area contributed by atoms with E-state index in [1.165, 1.54) is 16.9 Å². The number of hydrogen-bond donors (Lipinski definition) is 1. The summed E-state index contributed by atoms with van der Waals surface area (Å²) in [4.78, 5) is 32.0. The van der Waals surface area contributed by atoms with E-state index in [2.05, 4.69) is 22.1 Å². The van der Waals surface area contributed by atoms with Gasteiger partial charge in [0.25, 0.3) is 0 Å². The normalized spacial score (nSPS) is 20.2. The topological polar surface area (TPSA) is 99.9 Å². The second-order valence-corrected chi connectivity index (χ2v) is 12.4. The van der Waals surface area contributed by atoms with E-state index in [1.807, 2.05) is 12.3 Å². The number of rotatable bonds is 9. The zero-order chi connectivity index (χ0) is 30.0. The van der Waals surface area contributed by atoms with Gasteiger partial charge in [-0.25, -0.2) is 9.31 Å². The van der Waals surface area contributed by atoms with E-state index in [4.69, 9.17) is 9.47 Å². The molecule has 0 radical (unpaired) electrons. The SMILES string of the molecule is COc1ccc(CN2C(=O)CCN(c3cnn4ccc(CC5CCN(CC6(O)CCCCC6)CC5)cc34)C2=O)c(OC)c1. The van der Waals surface area contributed by atoms with Crippen molar-refractivity contribution in [3.05, 3.63) is 53.9 Å². The van der Waals surface area contributed by atoms with Gasteiger partial charge in [0.05, 0.1) is 43.8 Å². The predicted octanol–water partition coefficient (Wildman–Crippen LogP) is 4.66. The largest absolute Gasteiger partial charge is 0.497 e. The number of carbonyl (C=O) groups is 2. The molecule has 1 N–H and O–H groups in total. The Bertz CT molecular complexity index is 1460. The quantitative estimate of drug-likeness (QED) is 0.388. The van der Waals surface area contributed by atoms with E-state index in [0.29, 0.717) is 29.6 Å². The van der Waals surface area contributed by atoms with Crippen molar-refractivity contribution in [3.63, 3.8) is 0 Å². The number of anilines is 1. The molecule has 10 nitrogen and oxygen atoms in total. The third kappa shape index (κ3) is 6.35. The number of nitrogens with zero attached hydrogens (tertiary/aromatic N) is 5. The van der Waals surface area contributed by atoms with Crippen molar-refractivity contribution < 1.29 is 24.2 Å². The summed E-state index contributed by atoms with van der Waals surface area (Å²) in [7, 11) is 3.14. The van der Waals surface area contributed by atoms with Crippen LogP contribution in [0.5, 0.6) is 11.5 Å². The number of pyridine rings is 1. The van der Waals surface area contributed by atoms with Crippen LogP contribution >= 0.6 is 0 Å².